The molecular weight excluding hydrogens is 566 g/mol. The Kier molecular flexibility index (Phi) is 10.0. The average Bonchev–Trinajstić information content (AvgIpc) is 2.99. The number of rotatable bonds is 12. The molecule has 0 heterocycles. The van der Waals surface area contributed by atoms with Gasteiger partial charge in [-0.1, -0.05) is 35.9 Å². The van der Waals surface area contributed by atoms with Gasteiger partial charge < -0.3 is 14.2 Å². The quantitative estimate of drug-likeness (QED) is 0.169. The highest BCUT2D eigenvalue weighted by atomic mass is 32.2. The molecule has 4 aromatic carbocycles. The Morgan fingerprint density at radius 2 is 1.47 bits per heavy atom. The molecule has 0 bridgehead atoms. The molecule has 1 amide bonds. The number of anilines is 1. The molecule has 0 saturated heterocycles. The van der Waals surface area contributed by atoms with Gasteiger partial charge in [-0.2, -0.15) is 5.10 Å². The van der Waals surface area contributed by atoms with Crippen molar-refractivity contribution in [2.45, 2.75) is 32.3 Å². The van der Waals surface area contributed by atoms with Crippen LogP contribution < -0.4 is 23.9 Å². The van der Waals surface area contributed by atoms with Gasteiger partial charge in [-0.25, -0.2) is 13.8 Å². The molecule has 0 spiro atoms. The number of sulfonamides is 1. The van der Waals surface area contributed by atoms with Crippen LogP contribution in [0.15, 0.2) is 94.9 Å². The van der Waals surface area contributed by atoms with E-state index in [4.69, 9.17) is 14.2 Å². The van der Waals surface area contributed by atoms with E-state index in [0.29, 0.717) is 23.8 Å². The van der Waals surface area contributed by atoms with Crippen LogP contribution in [0.3, 0.4) is 0 Å². The minimum atomic E-state index is -4.18. The molecule has 4 rings (SSSR count). The summed E-state index contributed by atoms with van der Waals surface area (Å²) in [5, 5.41) is 4.04. The van der Waals surface area contributed by atoms with Crippen molar-refractivity contribution in [1.82, 2.24) is 5.43 Å². The third-order valence-electron chi connectivity index (χ3n) is 6.53. The van der Waals surface area contributed by atoms with E-state index in [-0.39, 0.29) is 10.6 Å². The van der Waals surface area contributed by atoms with Gasteiger partial charge in [0.15, 0.2) is 11.5 Å². The lowest BCUT2D eigenvalue weighted by Crippen LogP contribution is -2.39. The number of hydrogen-bond donors (Lipinski definition) is 1. The molecule has 0 aliphatic carbocycles. The van der Waals surface area contributed by atoms with Gasteiger partial charge in [0.05, 0.1) is 31.0 Å². The average molecular weight is 602 g/mol. The molecule has 0 unspecified atom stereocenters. The van der Waals surface area contributed by atoms with Crippen LogP contribution in [0.25, 0.3) is 0 Å². The van der Waals surface area contributed by atoms with E-state index < -0.39 is 22.5 Å². The number of hydrogen-bond acceptors (Lipinski definition) is 7. The maximum Gasteiger partial charge on any atom is 0.264 e. The second-order valence-electron chi connectivity index (χ2n) is 10.0. The molecule has 0 radical (unpaired) electrons. The number of amides is 1. The third kappa shape index (κ3) is 8.14. The summed E-state index contributed by atoms with van der Waals surface area (Å²) in [6.07, 6.45) is 1.48. The van der Waals surface area contributed by atoms with Gasteiger partial charge in [0.1, 0.15) is 18.9 Å². The predicted octanol–water partition coefficient (Wildman–Crippen LogP) is 5.55. The van der Waals surface area contributed by atoms with Gasteiger partial charge in [-0.15, -0.1) is 0 Å². The highest BCUT2D eigenvalue weighted by Crippen LogP contribution is 2.32. The number of methoxy groups -OCH3 is 2. The molecule has 0 aliphatic rings. The van der Waals surface area contributed by atoms with Crippen LogP contribution in [0.4, 0.5) is 5.69 Å². The summed E-state index contributed by atoms with van der Waals surface area (Å²) in [4.78, 5) is 12.9. The van der Waals surface area contributed by atoms with Crippen LogP contribution in [-0.2, 0) is 21.4 Å². The normalized spacial score (nSPS) is 11.3. The van der Waals surface area contributed by atoms with E-state index in [0.717, 1.165) is 26.6 Å². The third-order valence-corrected chi connectivity index (χ3v) is 8.30. The van der Waals surface area contributed by atoms with Crippen LogP contribution in [-0.4, -0.2) is 41.3 Å². The van der Waals surface area contributed by atoms with E-state index in [1.807, 2.05) is 75.4 Å². The zero-order valence-corrected chi connectivity index (χ0v) is 25.6. The molecule has 43 heavy (non-hydrogen) atoms. The van der Waals surface area contributed by atoms with E-state index >= 15 is 0 Å². The highest BCUT2D eigenvalue weighted by molar-refractivity contribution is 7.92. The molecule has 9 nitrogen and oxygen atoms in total. The first-order valence-electron chi connectivity index (χ1n) is 13.5. The second kappa shape index (κ2) is 13.9. The molecule has 0 aliphatic heterocycles. The second-order valence-corrected chi connectivity index (χ2v) is 11.9. The largest absolute Gasteiger partial charge is 0.493 e. The number of benzene rings is 4. The van der Waals surface area contributed by atoms with Crippen LogP contribution >= 0.6 is 0 Å². The fourth-order valence-corrected chi connectivity index (χ4v) is 5.78. The summed E-state index contributed by atoms with van der Waals surface area (Å²) >= 11 is 0. The lowest BCUT2D eigenvalue weighted by molar-refractivity contribution is -0.119. The zero-order chi connectivity index (χ0) is 31.0. The smallest absolute Gasteiger partial charge is 0.264 e. The summed E-state index contributed by atoms with van der Waals surface area (Å²) in [7, 11) is -1.29. The fourth-order valence-electron chi connectivity index (χ4n) is 4.36. The molecule has 10 heteroatoms. The van der Waals surface area contributed by atoms with Crippen molar-refractivity contribution in [3.05, 3.63) is 113 Å². The Balaban J connectivity index is 1.47. The van der Waals surface area contributed by atoms with Crippen molar-refractivity contribution in [3.63, 3.8) is 0 Å². The van der Waals surface area contributed by atoms with Gasteiger partial charge in [0, 0.05) is 6.07 Å². The molecule has 1 N–H and O–H groups in total. The summed E-state index contributed by atoms with van der Waals surface area (Å²) < 4.78 is 45.1. The number of aryl methyl sites for hydroxylation is 3. The minimum absolute atomic E-state index is 0.0507. The number of hydrazone groups is 1. The van der Waals surface area contributed by atoms with Crippen LogP contribution in [0.5, 0.6) is 17.2 Å². The summed E-state index contributed by atoms with van der Waals surface area (Å²) in [5.41, 5.74) is 7.49. The number of ether oxygens (including phenoxy) is 3. The lowest BCUT2D eigenvalue weighted by Gasteiger charge is -2.25. The number of nitrogens with zero attached hydrogens (tertiary/aromatic N) is 2. The topological polar surface area (TPSA) is 107 Å². The molecule has 0 aromatic heterocycles. The van der Waals surface area contributed by atoms with E-state index in [9.17, 15) is 13.2 Å². The molecule has 4 aromatic rings. The Morgan fingerprint density at radius 3 is 2.09 bits per heavy atom. The van der Waals surface area contributed by atoms with Crippen molar-refractivity contribution in [3.8, 4) is 17.2 Å². The standard InChI is InChI=1S/C33H35N3O6S/c1-23-6-8-27(9-7-23)22-42-29-12-10-26(11-13-29)20-34-35-33(37)21-36(28-17-24(2)16-25(3)18-28)43(38,39)30-14-15-31(40-4)32(19-30)41-5/h6-20H,21-22H2,1-5H3,(H,35,37)/b34-20-. The van der Waals surface area contributed by atoms with Crippen molar-refractivity contribution in [1.29, 1.82) is 0 Å². The van der Waals surface area contributed by atoms with Crippen molar-refractivity contribution < 1.29 is 27.4 Å². The molecular formula is C33H35N3O6S. The van der Waals surface area contributed by atoms with E-state index in [1.165, 1.54) is 44.2 Å². The Bertz CT molecular complexity index is 1680. The first-order chi connectivity index (χ1) is 20.6. The van der Waals surface area contributed by atoms with Gasteiger partial charge in [-0.05, 0) is 91.6 Å². The maximum atomic E-state index is 13.8. The number of carbonyl (C=O) groups is 1. The summed E-state index contributed by atoms with van der Waals surface area (Å²) in [6.45, 7) is 5.72. The van der Waals surface area contributed by atoms with Gasteiger partial charge >= 0.3 is 0 Å². The minimum Gasteiger partial charge on any atom is -0.493 e. The predicted molar refractivity (Wildman–Crippen MR) is 168 cm³/mol. The number of nitrogens with one attached hydrogen (secondary N) is 1. The van der Waals surface area contributed by atoms with Crippen molar-refractivity contribution in [2.75, 3.05) is 25.1 Å². The highest BCUT2D eigenvalue weighted by Gasteiger charge is 2.28. The maximum absolute atomic E-state index is 13.8. The van der Waals surface area contributed by atoms with Crippen molar-refractivity contribution >= 4 is 27.8 Å². The van der Waals surface area contributed by atoms with Gasteiger partial charge in [0.2, 0.25) is 0 Å². The monoisotopic (exact) mass is 601 g/mol. The van der Waals surface area contributed by atoms with Gasteiger partial charge in [-0.3, -0.25) is 9.10 Å². The number of carbonyl (C=O) groups excluding carboxylic acids is 1. The SMILES string of the molecule is COc1ccc(S(=O)(=O)N(CC(=O)N/N=C\c2ccc(OCc3ccc(C)cc3)cc2)c2cc(C)cc(C)c2)cc1OC. The summed E-state index contributed by atoms with van der Waals surface area (Å²) in [6, 6.07) is 25.0. The molecule has 224 valence electrons. The lowest BCUT2D eigenvalue weighted by atomic mass is 10.1. The molecule has 0 fully saturated rings. The fraction of sp³-hybridized carbons (Fsp3) is 0.212. The summed E-state index contributed by atoms with van der Waals surface area (Å²) in [5.74, 6) is 0.727. The van der Waals surface area contributed by atoms with Crippen LogP contribution in [0.1, 0.15) is 27.8 Å². The first-order valence-corrected chi connectivity index (χ1v) is 15.0. The van der Waals surface area contributed by atoms with E-state index in [2.05, 4.69) is 10.5 Å². The zero-order valence-electron chi connectivity index (χ0n) is 24.8. The van der Waals surface area contributed by atoms with Crippen LogP contribution in [0.2, 0.25) is 0 Å². The van der Waals surface area contributed by atoms with Crippen LogP contribution in [0, 0.1) is 20.8 Å². The first kappa shape index (κ1) is 31.1. The Hall–Kier alpha value is -4.83. The van der Waals surface area contributed by atoms with E-state index in [1.54, 1.807) is 12.1 Å². The molecule has 0 saturated carbocycles. The Morgan fingerprint density at radius 1 is 0.814 bits per heavy atom. The Labute approximate surface area is 252 Å². The van der Waals surface area contributed by atoms with Crippen molar-refractivity contribution in [2.24, 2.45) is 5.10 Å². The molecule has 0 atom stereocenters. The van der Waals surface area contributed by atoms with Gasteiger partial charge in [0.25, 0.3) is 15.9 Å².